The first-order valence-electron chi connectivity index (χ1n) is 5.01. The maximum absolute atomic E-state index is 5.43. The molecule has 2 N–H and O–H groups in total. The van der Waals surface area contributed by atoms with Crippen LogP contribution in [-0.4, -0.2) is 26.9 Å². The Labute approximate surface area is 104 Å². The fraction of sp³-hybridized carbons (Fsp3) is 0.182. The van der Waals surface area contributed by atoms with Gasteiger partial charge in [0.2, 0.25) is 5.82 Å². The predicted octanol–water partition coefficient (Wildman–Crippen LogP) is 0.969. The van der Waals surface area contributed by atoms with E-state index in [4.69, 9.17) is 22.7 Å². The molecule has 0 fully saturated rings. The van der Waals surface area contributed by atoms with Crippen molar-refractivity contribution in [1.82, 2.24) is 14.8 Å². The number of aromatic nitrogens is 3. The Morgan fingerprint density at radius 1 is 1.41 bits per heavy atom. The Bertz CT molecular complexity index is 521. The summed E-state index contributed by atoms with van der Waals surface area (Å²) in [5.74, 6) is 1.23. The molecule has 1 heterocycles. The Balaban J connectivity index is 2.11. The third-order valence-corrected chi connectivity index (χ3v) is 2.44. The summed E-state index contributed by atoms with van der Waals surface area (Å²) in [4.78, 5) is 4.21. The Hall–Kier alpha value is -1.95. The highest BCUT2D eigenvalue weighted by atomic mass is 32.1. The highest BCUT2D eigenvalue weighted by Gasteiger charge is 2.03. The van der Waals surface area contributed by atoms with Gasteiger partial charge in [-0.1, -0.05) is 24.4 Å². The Morgan fingerprint density at radius 3 is 2.65 bits per heavy atom. The molecule has 2 rings (SSSR count). The first-order valence-corrected chi connectivity index (χ1v) is 5.42. The van der Waals surface area contributed by atoms with Crippen molar-refractivity contribution in [2.24, 2.45) is 5.73 Å². The van der Waals surface area contributed by atoms with E-state index >= 15 is 0 Å². The van der Waals surface area contributed by atoms with Gasteiger partial charge in [-0.2, -0.15) is 0 Å². The van der Waals surface area contributed by atoms with Gasteiger partial charge in [0.1, 0.15) is 17.1 Å². The molecule has 0 aliphatic carbocycles. The van der Waals surface area contributed by atoms with Gasteiger partial charge in [-0.05, 0) is 17.7 Å². The Morgan fingerprint density at radius 2 is 2.12 bits per heavy atom. The lowest BCUT2D eigenvalue weighted by Gasteiger charge is -2.03. The summed E-state index contributed by atoms with van der Waals surface area (Å²) in [5.41, 5.74) is 6.54. The van der Waals surface area contributed by atoms with Crippen LogP contribution in [0.15, 0.2) is 30.6 Å². The first-order chi connectivity index (χ1) is 8.19. The van der Waals surface area contributed by atoms with Gasteiger partial charge < -0.3 is 10.5 Å². The van der Waals surface area contributed by atoms with E-state index in [0.29, 0.717) is 12.4 Å². The molecule has 0 radical (unpaired) electrons. The third kappa shape index (κ3) is 2.79. The molecule has 1 aromatic heterocycles. The summed E-state index contributed by atoms with van der Waals surface area (Å²) < 4.78 is 6.78. The van der Waals surface area contributed by atoms with E-state index in [-0.39, 0.29) is 4.99 Å². The summed E-state index contributed by atoms with van der Waals surface area (Å²) in [5, 5.41) is 4.16. The van der Waals surface area contributed by atoms with Gasteiger partial charge in [-0.25, -0.2) is 9.67 Å². The topological polar surface area (TPSA) is 66.0 Å². The minimum atomic E-state index is 0.207. The van der Waals surface area contributed by atoms with Crippen molar-refractivity contribution in [2.75, 3.05) is 7.11 Å². The summed E-state index contributed by atoms with van der Waals surface area (Å²) in [6, 6.07) is 7.75. The number of rotatable bonds is 4. The molecule has 0 atom stereocenters. The number of hydrogen-bond acceptors (Lipinski definition) is 4. The van der Waals surface area contributed by atoms with Crippen molar-refractivity contribution in [3.63, 3.8) is 0 Å². The van der Waals surface area contributed by atoms with Crippen LogP contribution >= 0.6 is 12.2 Å². The second-order valence-electron chi connectivity index (χ2n) is 3.48. The number of benzene rings is 1. The molecule has 6 heteroatoms. The van der Waals surface area contributed by atoms with Crippen LogP contribution in [0, 0.1) is 0 Å². The number of nitrogens with two attached hydrogens (primary N) is 1. The van der Waals surface area contributed by atoms with E-state index in [1.165, 1.54) is 0 Å². The third-order valence-electron chi connectivity index (χ3n) is 2.26. The first kappa shape index (κ1) is 11.5. The number of hydrogen-bond donors (Lipinski definition) is 1. The summed E-state index contributed by atoms with van der Waals surface area (Å²) in [6.45, 7) is 0.625. The van der Waals surface area contributed by atoms with E-state index in [1.54, 1.807) is 18.1 Å². The van der Waals surface area contributed by atoms with E-state index in [9.17, 15) is 0 Å². The van der Waals surface area contributed by atoms with E-state index in [1.807, 2.05) is 24.3 Å². The van der Waals surface area contributed by atoms with Crippen molar-refractivity contribution in [1.29, 1.82) is 0 Å². The van der Waals surface area contributed by atoms with Gasteiger partial charge in [-0.3, -0.25) is 0 Å². The lowest BCUT2D eigenvalue weighted by Crippen LogP contribution is -2.12. The normalized spacial score (nSPS) is 10.2. The van der Waals surface area contributed by atoms with Crippen LogP contribution in [-0.2, 0) is 6.54 Å². The van der Waals surface area contributed by atoms with Gasteiger partial charge >= 0.3 is 0 Å². The molecule has 0 amide bonds. The number of ether oxygens (including phenoxy) is 1. The van der Waals surface area contributed by atoms with Crippen LogP contribution in [0.25, 0.3) is 0 Å². The lowest BCUT2D eigenvalue weighted by atomic mass is 10.2. The number of nitrogens with zero attached hydrogens (tertiary/aromatic N) is 3. The van der Waals surface area contributed by atoms with Crippen molar-refractivity contribution in [3.05, 3.63) is 42.0 Å². The van der Waals surface area contributed by atoms with Crippen LogP contribution in [0.2, 0.25) is 0 Å². The van der Waals surface area contributed by atoms with E-state index in [0.717, 1.165) is 11.3 Å². The molecule has 0 unspecified atom stereocenters. The summed E-state index contributed by atoms with van der Waals surface area (Å²) in [6.07, 6.45) is 1.61. The smallest absolute Gasteiger partial charge is 0.208 e. The van der Waals surface area contributed by atoms with Gasteiger partial charge in [0, 0.05) is 0 Å². The summed E-state index contributed by atoms with van der Waals surface area (Å²) >= 11 is 4.80. The van der Waals surface area contributed by atoms with Crippen LogP contribution in [0.3, 0.4) is 0 Å². The average Bonchev–Trinajstić information content (AvgIpc) is 2.79. The molecule has 0 saturated heterocycles. The lowest BCUT2D eigenvalue weighted by molar-refractivity contribution is 0.414. The van der Waals surface area contributed by atoms with E-state index in [2.05, 4.69) is 10.1 Å². The van der Waals surface area contributed by atoms with E-state index < -0.39 is 0 Å². The molecule has 5 nitrogen and oxygen atoms in total. The van der Waals surface area contributed by atoms with Gasteiger partial charge in [-0.15, -0.1) is 5.10 Å². The molecule has 0 spiro atoms. The predicted molar refractivity (Wildman–Crippen MR) is 68.0 cm³/mol. The highest BCUT2D eigenvalue weighted by molar-refractivity contribution is 7.80. The monoisotopic (exact) mass is 248 g/mol. The second-order valence-corrected chi connectivity index (χ2v) is 3.92. The van der Waals surface area contributed by atoms with Crippen LogP contribution < -0.4 is 10.5 Å². The zero-order chi connectivity index (χ0) is 12.3. The SMILES string of the molecule is COc1ccc(Cn2cnc(C(N)=S)n2)cc1. The fourth-order valence-corrected chi connectivity index (χ4v) is 1.50. The molecule has 0 aliphatic heterocycles. The van der Waals surface area contributed by atoms with Gasteiger partial charge in [0.15, 0.2) is 0 Å². The number of thiocarbonyl (C=S) groups is 1. The quantitative estimate of drug-likeness (QED) is 0.817. The standard InChI is InChI=1S/C11H12N4OS/c1-16-9-4-2-8(3-5-9)6-15-7-13-11(14-15)10(12)17/h2-5,7H,6H2,1H3,(H2,12,17). The van der Waals surface area contributed by atoms with Crippen molar-refractivity contribution in [3.8, 4) is 5.75 Å². The van der Waals surface area contributed by atoms with Crippen molar-refractivity contribution >= 4 is 17.2 Å². The molecule has 0 aliphatic rings. The molecule has 0 saturated carbocycles. The number of methoxy groups -OCH3 is 1. The van der Waals surface area contributed by atoms with Crippen LogP contribution in [0.4, 0.5) is 0 Å². The van der Waals surface area contributed by atoms with Gasteiger partial charge in [0.05, 0.1) is 13.7 Å². The van der Waals surface area contributed by atoms with Gasteiger partial charge in [0.25, 0.3) is 0 Å². The molecular weight excluding hydrogens is 236 g/mol. The molecule has 2 aromatic rings. The molecular formula is C11H12N4OS. The van der Waals surface area contributed by atoms with Crippen molar-refractivity contribution in [2.45, 2.75) is 6.54 Å². The zero-order valence-electron chi connectivity index (χ0n) is 9.33. The largest absolute Gasteiger partial charge is 0.497 e. The highest BCUT2D eigenvalue weighted by Crippen LogP contribution is 2.11. The minimum absolute atomic E-state index is 0.207. The molecule has 1 aromatic carbocycles. The second kappa shape index (κ2) is 4.92. The van der Waals surface area contributed by atoms with Crippen LogP contribution in [0.5, 0.6) is 5.75 Å². The maximum Gasteiger partial charge on any atom is 0.208 e. The minimum Gasteiger partial charge on any atom is -0.497 e. The fourth-order valence-electron chi connectivity index (χ4n) is 1.40. The average molecular weight is 248 g/mol. The Kier molecular flexibility index (Phi) is 3.34. The van der Waals surface area contributed by atoms with Crippen LogP contribution in [0.1, 0.15) is 11.4 Å². The summed E-state index contributed by atoms with van der Waals surface area (Å²) in [7, 11) is 1.64. The maximum atomic E-state index is 5.43. The van der Waals surface area contributed by atoms with Crippen molar-refractivity contribution < 1.29 is 4.74 Å². The molecule has 0 bridgehead atoms. The molecule has 88 valence electrons. The zero-order valence-corrected chi connectivity index (χ0v) is 10.1. The molecule has 17 heavy (non-hydrogen) atoms.